The number of aromatic nitrogens is 1. The van der Waals surface area contributed by atoms with Gasteiger partial charge in [-0.15, -0.1) is 0 Å². The van der Waals surface area contributed by atoms with E-state index < -0.39 is 5.91 Å². The number of fused-ring (bicyclic) bond motifs is 1. The lowest BCUT2D eigenvalue weighted by atomic mass is 10.3. The summed E-state index contributed by atoms with van der Waals surface area (Å²) in [4.78, 5) is 41.4. The zero-order chi connectivity index (χ0) is 20.3. The van der Waals surface area contributed by atoms with Gasteiger partial charge in [-0.2, -0.15) is 4.99 Å². The largest absolute Gasteiger partial charge is 0.493 e. The second-order valence-electron chi connectivity index (χ2n) is 6.08. The first-order chi connectivity index (χ1) is 13.5. The van der Waals surface area contributed by atoms with Crippen molar-refractivity contribution >= 4 is 39.3 Å². The molecule has 1 aromatic heterocycles. The zero-order valence-electron chi connectivity index (χ0n) is 15.9. The van der Waals surface area contributed by atoms with E-state index in [0.29, 0.717) is 29.5 Å². The highest BCUT2D eigenvalue weighted by molar-refractivity contribution is 7.16. The van der Waals surface area contributed by atoms with Crippen molar-refractivity contribution in [3.63, 3.8) is 0 Å². The van der Waals surface area contributed by atoms with E-state index in [0.717, 1.165) is 15.1 Å². The fourth-order valence-electron chi connectivity index (χ4n) is 2.96. The molecule has 3 rings (SSSR count). The fourth-order valence-corrected chi connectivity index (χ4v) is 4.04. The lowest BCUT2D eigenvalue weighted by Gasteiger charge is -2.10. The number of rotatable bonds is 7. The van der Waals surface area contributed by atoms with Crippen molar-refractivity contribution in [1.82, 2.24) is 9.47 Å². The van der Waals surface area contributed by atoms with Crippen molar-refractivity contribution in [2.75, 3.05) is 34.5 Å². The summed E-state index contributed by atoms with van der Waals surface area (Å²) < 4.78 is 18.6. The average molecular weight is 407 g/mol. The van der Waals surface area contributed by atoms with E-state index in [9.17, 15) is 14.4 Å². The molecule has 1 saturated heterocycles. The van der Waals surface area contributed by atoms with Crippen LogP contribution in [-0.2, 0) is 25.7 Å². The van der Waals surface area contributed by atoms with Crippen LogP contribution in [0.2, 0.25) is 0 Å². The van der Waals surface area contributed by atoms with E-state index >= 15 is 0 Å². The lowest BCUT2D eigenvalue weighted by molar-refractivity contribution is -0.141. The third kappa shape index (κ3) is 3.92. The Labute approximate surface area is 165 Å². The smallest absolute Gasteiger partial charge is 0.268 e. The minimum Gasteiger partial charge on any atom is -0.493 e. The van der Waals surface area contributed by atoms with Crippen molar-refractivity contribution in [2.45, 2.75) is 19.4 Å². The van der Waals surface area contributed by atoms with Crippen LogP contribution in [0.5, 0.6) is 11.5 Å². The highest BCUT2D eigenvalue weighted by Crippen LogP contribution is 2.33. The summed E-state index contributed by atoms with van der Waals surface area (Å²) >= 11 is 1.31. The van der Waals surface area contributed by atoms with Crippen molar-refractivity contribution in [3.8, 4) is 11.5 Å². The second-order valence-corrected chi connectivity index (χ2v) is 7.09. The number of carbonyl (C=O) groups is 3. The molecule has 1 aliphatic rings. The highest BCUT2D eigenvalue weighted by atomic mass is 32.1. The number of thiazole rings is 1. The summed E-state index contributed by atoms with van der Waals surface area (Å²) in [5, 5.41) is 0. The first-order valence-electron chi connectivity index (χ1n) is 8.63. The van der Waals surface area contributed by atoms with Gasteiger partial charge in [0.05, 0.1) is 31.0 Å². The van der Waals surface area contributed by atoms with Gasteiger partial charge in [-0.25, -0.2) is 0 Å². The molecule has 1 fully saturated rings. The van der Waals surface area contributed by atoms with Crippen LogP contribution in [0.3, 0.4) is 0 Å². The van der Waals surface area contributed by atoms with E-state index in [2.05, 4.69) is 4.99 Å². The quantitative estimate of drug-likeness (QED) is 0.634. The highest BCUT2D eigenvalue weighted by Gasteiger charge is 2.30. The van der Waals surface area contributed by atoms with Crippen LogP contribution < -0.4 is 14.3 Å². The molecule has 0 saturated carbocycles. The van der Waals surface area contributed by atoms with Crippen LogP contribution in [0.25, 0.3) is 10.2 Å². The molecule has 10 heteroatoms. The molecule has 1 aliphatic heterocycles. The van der Waals surface area contributed by atoms with E-state index in [1.165, 1.54) is 11.3 Å². The Balaban J connectivity index is 2.02. The number of benzene rings is 1. The molecule has 0 radical (unpaired) electrons. The molecular formula is C18H21N3O6S. The van der Waals surface area contributed by atoms with Crippen molar-refractivity contribution in [1.29, 1.82) is 0 Å². The molecule has 0 atom stereocenters. The first-order valence-corrected chi connectivity index (χ1v) is 9.45. The molecule has 2 heterocycles. The summed E-state index contributed by atoms with van der Waals surface area (Å²) in [6, 6.07) is 3.64. The van der Waals surface area contributed by atoms with Crippen LogP contribution in [0.4, 0.5) is 0 Å². The van der Waals surface area contributed by atoms with Gasteiger partial charge in [0.15, 0.2) is 16.3 Å². The lowest BCUT2D eigenvalue weighted by Crippen LogP contribution is -2.34. The summed E-state index contributed by atoms with van der Waals surface area (Å²) in [6.07, 6.45) is 0.283. The van der Waals surface area contributed by atoms with Crippen LogP contribution in [0, 0.1) is 0 Å². The van der Waals surface area contributed by atoms with Crippen LogP contribution in [0.1, 0.15) is 12.8 Å². The van der Waals surface area contributed by atoms with Gasteiger partial charge >= 0.3 is 0 Å². The Bertz CT molecular complexity index is 977. The number of nitrogens with zero attached hydrogens (tertiary/aromatic N) is 3. The molecule has 9 nitrogen and oxygen atoms in total. The third-order valence-corrected chi connectivity index (χ3v) is 5.42. The molecule has 0 unspecified atom stereocenters. The van der Waals surface area contributed by atoms with E-state index in [4.69, 9.17) is 14.2 Å². The SMILES string of the molecule is COCCn1c(=NC(=O)CN2C(=O)CCC2=O)sc2cc(OC)c(OC)cc21. The van der Waals surface area contributed by atoms with E-state index in [-0.39, 0.29) is 31.2 Å². The molecule has 0 spiro atoms. The van der Waals surface area contributed by atoms with Crippen LogP contribution in [-0.4, -0.2) is 61.7 Å². The predicted octanol–water partition coefficient (Wildman–Crippen LogP) is 0.943. The Hall–Kier alpha value is -2.72. The van der Waals surface area contributed by atoms with Crippen molar-refractivity contribution in [2.24, 2.45) is 4.99 Å². The number of hydrogen-bond donors (Lipinski definition) is 0. The maximum absolute atomic E-state index is 12.4. The number of carbonyl (C=O) groups excluding carboxylic acids is 3. The molecule has 0 N–H and O–H groups in total. The van der Waals surface area contributed by atoms with Gasteiger partial charge in [0.2, 0.25) is 11.8 Å². The Morgan fingerprint density at radius 3 is 2.36 bits per heavy atom. The van der Waals surface area contributed by atoms with Crippen molar-refractivity contribution < 1.29 is 28.6 Å². The maximum atomic E-state index is 12.4. The molecule has 28 heavy (non-hydrogen) atoms. The van der Waals surface area contributed by atoms with E-state index in [1.54, 1.807) is 21.3 Å². The Kier molecular flexibility index (Phi) is 6.10. The number of likely N-dealkylation sites (tertiary alicyclic amines) is 1. The summed E-state index contributed by atoms with van der Waals surface area (Å²) in [7, 11) is 4.69. The van der Waals surface area contributed by atoms with Crippen LogP contribution in [0.15, 0.2) is 17.1 Å². The fraction of sp³-hybridized carbons (Fsp3) is 0.444. The normalized spacial score (nSPS) is 15.0. The topological polar surface area (TPSA) is 99.4 Å². The first kappa shape index (κ1) is 20.0. The number of hydrogen-bond acceptors (Lipinski definition) is 7. The summed E-state index contributed by atoms with van der Waals surface area (Å²) in [6.45, 7) is 0.549. The van der Waals surface area contributed by atoms with Gasteiger partial charge in [0.25, 0.3) is 5.91 Å². The summed E-state index contributed by atoms with van der Waals surface area (Å²) in [5.41, 5.74) is 0.819. The zero-order valence-corrected chi connectivity index (χ0v) is 16.7. The van der Waals surface area contributed by atoms with Gasteiger partial charge < -0.3 is 18.8 Å². The Morgan fingerprint density at radius 2 is 1.75 bits per heavy atom. The molecule has 2 aromatic rings. The molecule has 0 bridgehead atoms. The molecule has 150 valence electrons. The molecule has 3 amide bonds. The van der Waals surface area contributed by atoms with Gasteiger partial charge in [0, 0.05) is 38.6 Å². The number of methoxy groups -OCH3 is 3. The average Bonchev–Trinajstić information content (AvgIpc) is 3.18. The molecular weight excluding hydrogens is 386 g/mol. The van der Waals surface area contributed by atoms with Gasteiger partial charge in [-0.1, -0.05) is 11.3 Å². The maximum Gasteiger partial charge on any atom is 0.268 e. The molecule has 1 aromatic carbocycles. The minimum atomic E-state index is -0.555. The Morgan fingerprint density at radius 1 is 1.11 bits per heavy atom. The molecule has 0 aliphatic carbocycles. The minimum absolute atomic E-state index is 0.141. The van der Waals surface area contributed by atoms with Crippen LogP contribution >= 0.6 is 11.3 Å². The van der Waals surface area contributed by atoms with Gasteiger partial charge in [-0.3, -0.25) is 19.3 Å². The van der Waals surface area contributed by atoms with Crippen molar-refractivity contribution in [3.05, 3.63) is 16.9 Å². The second kappa shape index (κ2) is 8.53. The standard InChI is InChI=1S/C18H21N3O6S/c1-25-7-6-20-11-8-12(26-2)13(27-3)9-14(11)28-18(20)19-15(22)10-21-16(23)4-5-17(21)24/h8-9H,4-7,10H2,1-3H3. The van der Waals surface area contributed by atoms with Gasteiger partial charge in [0.1, 0.15) is 6.54 Å². The third-order valence-electron chi connectivity index (χ3n) is 4.38. The van der Waals surface area contributed by atoms with E-state index in [1.807, 2.05) is 16.7 Å². The monoisotopic (exact) mass is 407 g/mol. The summed E-state index contributed by atoms with van der Waals surface area (Å²) in [5.74, 6) is -0.107. The van der Waals surface area contributed by atoms with Gasteiger partial charge in [-0.05, 0) is 0 Å². The predicted molar refractivity (Wildman–Crippen MR) is 101 cm³/mol. The number of imide groups is 1. The number of ether oxygens (including phenoxy) is 3. The number of amides is 3.